The number of hydrogen-bond acceptors (Lipinski definition) is 3. The first-order valence-electron chi connectivity index (χ1n) is 6.33. The van der Waals surface area contributed by atoms with Crippen LogP contribution in [0.1, 0.15) is 21.5 Å². The van der Waals surface area contributed by atoms with Crippen molar-refractivity contribution in [3.05, 3.63) is 57.6 Å². The van der Waals surface area contributed by atoms with Crippen molar-refractivity contribution < 1.29 is 14.3 Å². The van der Waals surface area contributed by atoms with Crippen LogP contribution in [0.25, 0.3) is 0 Å². The van der Waals surface area contributed by atoms with E-state index < -0.39 is 0 Å². The third-order valence-electron chi connectivity index (χ3n) is 3.37. The van der Waals surface area contributed by atoms with Gasteiger partial charge in [0.15, 0.2) is 5.78 Å². The van der Waals surface area contributed by atoms with E-state index in [-0.39, 0.29) is 5.78 Å². The number of ketones is 1. The van der Waals surface area contributed by atoms with Crippen LogP contribution in [0.4, 0.5) is 0 Å². The van der Waals surface area contributed by atoms with E-state index in [4.69, 9.17) is 9.47 Å². The molecule has 1 aliphatic heterocycles. The summed E-state index contributed by atoms with van der Waals surface area (Å²) in [6.07, 6.45) is 0.864. The lowest BCUT2D eigenvalue weighted by molar-refractivity contribution is 0.103. The van der Waals surface area contributed by atoms with Crippen molar-refractivity contribution >= 4 is 21.7 Å². The lowest BCUT2D eigenvalue weighted by atomic mass is 10.00. The molecule has 0 aromatic heterocycles. The van der Waals surface area contributed by atoms with Gasteiger partial charge in [0.1, 0.15) is 11.5 Å². The Hall–Kier alpha value is -1.81. The topological polar surface area (TPSA) is 35.5 Å². The summed E-state index contributed by atoms with van der Waals surface area (Å²) in [5.41, 5.74) is 2.34. The van der Waals surface area contributed by atoms with Gasteiger partial charge >= 0.3 is 0 Å². The number of halogens is 1. The van der Waals surface area contributed by atoms with Crippen LogP contribution in [-0.4, -0.2) is 19.5 Å². The van der Waals surface area contributed by atoms with E-state index in [2.05, 4.69) is 15.9 Å². The number of para-hydroxylation sites is 1. The van der Waals surface area contributed by atoms with Gasteiger partial charge in [-0.25, -0.2) is 0 Å². The zero-order valence-corrected chi connectivity index (χ0v) is 12.6. The van der Waals surface area contributed by atoms with Crippen molar-refractivity contribution in [2.75, 3.05) is 13.7 Å². The first kappa shape index (κ1) is 13.2. The zero-order chi connectivity index (χ0) is 14.1. The fraction of sp³-hybridized carbons (Fsp3) is 0.188. The predicted octanol–water partition coefficient (Wildman–Crippen LogP) is 3.62. The molecule has 2 aromatic rings. The first-order valence-corrected chi connectivity index (χ1v) is 7.13. The lowest BCUT2D eigenvalue weighted by Crippen LogP contribution is -2.04. The second kappa shape index (κ2) is 5.29. The van der Waals surface area contributed by atoms with Gasteiger partial charge in [0.25, 0.3) is 0 Å². The zero-order valence-electron chi connectivity index (χ0n) is 11.0. The molecule has 0 atom stereocenters. The minimum Gasteiger partial charge on any atom is -0.496 e. The molecule has 0 unspecified atom stereocenters. The third kappa shape index (κ3) is 2.20. The van der Waals surface area contributed by atoms with Gasteiger partial charge < -0.3 is 9.47 Å². The van der Waals surface area contributed by atoms with Crippen molar-refractivity contribution in [3.8, 4) is 11.5 Å². The van der Waals surface area contributed by atoms with Crippen LogP contribution in [-0.2, 0) is 6.42 Å². The van der Waals surface area contributed by atoms with Gasteiger partial charge in [0.05, 0.1) is 23.8 Å². The largest absolute Gasteiger partial charge is 0.496 e. The standard InChI is InChI=1S/C16H13BrO3/c1-19-14-6-5-11(9-13(14)17)15(18)12-4-2-3-10-7-8-20-16(10)12/h2-6,9H,7-8H2,1H3. The van der Waals surface area contributed by atoms with Gasteiger partial charge in [-0.2, -0.15) is 0 Å². The Balaban J connectivity index is 2.01. The molecule has 0 bridgehead atoms. The minimum atomic E-state index is -0.0351. The summed E-state index contributed by atoms with van der Waals surface area (Å²) in [6, 6.07) is 11.0. The maximum atomic E-state index is 12.6. The molecule has 3 nitrogen and oxygen atoms in total. The fourth-order valence-corrected chi connectivity index (χ4v) is 2.90. The molecule has 0 radical (unpaired) electrons. The van der Waals surface area contributed by atoms with Crippen molar-refractivity contribution in [3.63, 3.8) is 0 Å². The van der Waals surface area contributed by atoms with Crippen molar-refractivity contribution in [2.24, 2.45) is 0 Å². The monoisotopic (exact) mass is 332 g/mol. The molecule has 2 aromatic carbocycles. The summed E-state index contributed by atoms with van der Waals surface area (Å²) in [7, 11) is 1.60. The van der Waals surface area contributed by atoms with Gasteiger partial charge in [0, 0.05) is 12.0 Å². The van der Waals surface area contributed by atoms with Crippen LogP contribution in [0.2, 0.25) is 0 Å². The smallest absolute Gasteiger partial charge is 0.196 e. The van der Waals surface area contributed by atoms with Gasteiger partial charge in [0.2, 0.25) is 0 Å². The van der Waals surface area contributed by atoms with E-state index in [9.17, 15) is 4.79 Å². The lowest BCUT2D eigenvalue weighted by Gasteiger charge is -2.09. The first-order chi connectivity index (χ1) is 9.70. The van der Waals surface area contributed by atoms with Gasteiger partial charge in [-0.05, 0) is 45.8 Å². The maximum Gasteiger partial charge on any atom is 0.196 e. The summed E-state index contributed by atoms with van der Waals surface area (Å²) in [4.78, 5) is 12.6. The number of carbonyl (C=O) groups is 1. The Labute approximate surface area is 125 Å². The number of carbonyl (C=O) groups excluding carboxylic acids is 1. The molecule has 4 heteroatoms. The van der Waals surface area contributed by atoms with Gasteiger partial charge in [-0.15, -0.1) is 0 Å². The summed E-state index contributed by atoms with van der Waals surface area (Å²) < 4.78 is 11.5. The Morgan fingerprint density at radius 3 is 2.90 bits per heavy atom. The molecule has 20 heavy (non-hydrogen) atoms. The molecule has 0 N–H and O–H groups in total. The molecule has 0 fully saturated rings. The van der Waals surface area contributed by atoms with Crippen LogP contribution in [0.3, 0.4) is 0 Å². The molecule has 0 saturated carbocycles. The highest BCUT2D eigenvalue weighted by atomic mass is 79.9. The van der Waals surface area contributed by atoms with Crippen molar-refractivity contribution in [1.82, 2.24) is 0 Å². The Morgan fingerprint density at radius 1 is 1.30 bits per heavy atom. The van der Waals surface area contributed by atoms with E-state index in [0.717, 1.165) is 22.2 Å². The van der Waals surface area contributed by atoms with E-state index in [1.165, 1.54) is 0 Å². The van der Waals surface area contributed by atoms with E-state index in [0.29, 0.717) is 23.5 Å². The molecular formula is C16H13BrO3. The second-order valence-corrected chi connectivity index (χ2v) is 5.43. The van der Waals surface area contributed by atoms with Gasteiger partial charge in [-0.3, -0.25) is 4.79 Å². The summed E-state index contributed by atoms with van der Waals surface area (Å²) in [5, 5.41) is 0. The van der Waals surface area contributed by atoms with Crippen LogP contribution >= 0.6 is 15.9 Å². The van der Waals surface area contributed by atoms with E-state index in [1.54, 1.807) is 25.3 Å². The average molecular weight is 333 g/mol. The van der Waals surface area contributed by atoms with Crippen molar-refractivity contribution in [1.29, 1.82) is 0 Å². The summed E-state index contributed by atoms with van der Waals surface area (Å²) in [6.45, 7) is 0.645. The fourth-order valence-electron chi connectivity index (χ4n) is 2.36. The molecule has 0 spiro atoms. The SMILES string of the molecule is COc1ccc(C(=O)c2cccc3c2OCC3)cc1Br. The van der Waals surface area contributed by atoms with Crippen LogP contribution < -0.4 is 9.47 Å². The Kier molecular flexibility index (Phi) is 3.49. The molecule has 1 aliphatic rings. The third-order valence-corrected chi connectivity index (χ3v) is 3.99. The minimum absolute atomic E-state index is 0.0351. The molecule has 1 heterocycles. The number of fused-ring (bicyclic) bond motifs is 1. The molecule has 0 saturated heterocycles. The highest BCUT2D eigenvalue weighted by Gasteiger charge is 2.21. The Bertz CT molecular complexity index is 679. The van der Waals surface area contributed by atoms with Crippen molar-refractivity contribution in [2.45, 2.75) is 6.42 Å². The normalized spacial score (nSPS) is 12.7. The van der Waals surface area contributed by atoms with Crippen LogP contribution in [0.15, 0.2) is 40.9 Å². The van der Waals surface area contributed by atoms with Gasteiger partial charge in [-0.1, -0.05) is 12.1 Å². The summed E-state index contributed by atoms with van der Waals surface area (Å²) in [5.74, 6) is 1.40. The van der Waals surface area contributed by atoms with Crippen LogP contribution in [0, 0.1) is 0 Å². The number of hydrogen-bond donors (Lipinski definition) is 0. The van der Waals surface area contributed by atoms with Crippen LogP contribution in [0.5, 0.6) is 11.5 Å². The number of rotatable bonds is 3. The second-order valence-electron chi connectivity index (χ2n) is 4.57. The maximum absolute atomic E-state index is 12.6. The van der Waals surface area contributed by atoms with E-state index >= 15 is 0 Å². The Morgan fingerprint density at radius 2 is 2.15 bits per heavy atom. The number of methoxy groups -OCH3 is 1. The summed E-state index contributed by atoms with van der Waals surface area (Å²) >= 11 is 3.40. The predicted molar refractivity (Wildman–Crippen MR) is 79.8 cm³/mol. The quantitative estimate of drug-likeness (QED) is 0.805. The molecule has 3 rings (SSSR count). The van der Waals surface area contributed by atoms with E-state index in [1.807, 2.05) is 18.2 Å². The molecule has 0 amide bonds. The molecule has 0 aliphatic carbocycles. The highest BCUT2D eigenvalue weighted by Crippen LogP contribution is 2.32. The number of benzene rings is 2. The highest BCUT2D eigenvalue weighted by molar-refractivity contribution is 9.10. The molecule has 102 valence electrons. The average Bonchev–Trinajstić information content (AvgIpc) is 2.94. The molecular weight excluding hydrogens is 320 g/mol. The number of ether oxygens (including phenoxy) is 2.